The Bertz CT molecular complexity index is 2360. The zero-order valence-corrected chi connectivity index (χ0v) is 32.5. The normalized spacial score (nSPS) is 14.6. The SMILES string of the molecule is Cc1c(-c2c(-c3ccc(F)o3)sc3ncnc(O[C@H](Cc4ccccc4OCc4ccnn4CC(F)(F)F)C(N)=O)c23)ccc(OCCN2CCN(C)CC2)c1Cl. The van der Waals surface area contributed by atoms with E-state index in [1.807, 2.05) is 13.0 Å². The summed E-state index contributed by atoms with van der Waals surface area (Å²) in [5.41, 5.74) is 8.43. The number of rotatable bonds is 15. The molecule has 1 atom stereocenters. The number of thiophene rings is 1. The van der Waals surface area contributed by atoms with Crippen LogP contribution in [-0.2, 0) is 24.4 Å². The number of piperazine rings is 1. The third-order valence-corrected chi connectivity index (χ3v) is 11.2. The van der Waals surface area contributed by atoms with Gasteiger partial charge in [0.25, 0.3) is 11.9 Å². The molecular weight excluding hydrogens is 790 g/mol. The maximum atomic E-state index is 14.3. The molecule has 1 saturated heterocycles. The Morgan fingerprint density at radius 1 is 1.04 bits per heavy atom. The van der Waals surface area contributed by atoms with Crippen LogP contribution in [-0.4, -0.2) is 94.1 Å². The first kappa shape index (κ1) is 40.0. The van der Waals surface area contributed by atoms with Gasteiger partial charge in [0.2, 0.25) is 5.88 Å². The first-order valence-electron chi connectivity index (χ1n) is 17.9. The van der Waals surface area contributed by atoms with Gasteiger partial charge in [-0.3, -0.25) is 14.4 Å². The Labute approximate surface area is 333 Å². The molecule has 0 spiro atoms. The third-order valence-electron chi connectivity index (χ3n) is 9.59. The van der Waals surface area contributed by atoms with E-state index in [2.05, 4.69) is 31.9 Å². The van der Waals surface area contributed by atoms with E-state index in [1.54, 1.807) is 30.3 Å². The summed E-state index contributed by atoms with van der Waals surface area (Å²) in [6.45, 7) is 5.43. The van der Waals surface area contributed by atoms with Gasteiger partial charge in [0.05, 0.1) is 21.0 Å². The molecule has 0 saturated carbocycles. The smallest absolute Gasteiger partial charge is 0.408 e. The predicted octanol–water partition coefficient (Wildman–Crippen LogP) is 7.16. The lowest BCUT2D eigenvalue weighted by molar-refractivity contribution is -0.143. The maximum Gasteiger partial charge on any atom is 0.408 e. The predicted molar refractivity (Wildman–Crippen MR) is 206 cm³/mol. The second-order valence-electron chi connectivity index (χ2n) is 13.5. The van der Waals surface area contributed by atoms with Crippen molar-refractivity contribution in [1.29, 1.82) is 0 Å². The van der Waals surface area contributed by atoms with E-state index in [1.165, 1.54) is 42.1 Å². The number of ether oxygens (including phenoxy) is 3. The number of hydrogen-bond acceptors (Lipinski definition) is 11. The van der Waals surface area contributed by atoms with Crippen LogP contribution in [0.2, 0.25) is 5.02 Å². The van der Waals surface area contributed by atoms with Gasteiger partial charge < -0.3 is 29.3 Å². The van der Waals surface area contributed by atoms with Gasteiger partial charge in [-0.2, -0.15) is 22.7 Å². The molecule has 6 aromatic rings. The van der Waals surface area contributed by atoms with Gasteiger partial charge in [0, 0.05) is 57.0 Å². The highest BCUT2D eigenvalue weighted by atomic mass is 35.5. The molecule has 1 aliphatic rings. The average molecular weight is 828 g/mol. The van der Waals surface area contributed by atoms with E-state index in [-0.39, 0.29) is 30.4 Å². The highest BCUT2D eigenvalue weighted by molar-refractivity contribution is 7.22. The fraction of sp³-hybridized carbons (Fsp3) is 0.333. The first-order valence-corrected chi connectivity index (χ1v) is 19.1. The fourth-order valence-corrected chi connectivity index (χ4v) is 7.88. The van der Waals surface area contributed by atoms with Crippen molar-refractivity contribution in [2.24, 2.45) is 5.73 Å². The molecule has 1 aliphatic heterocycles. The Morgan fingerprint density at radius 2 is 1.82 bits per heavy atom. The summed E-state index contributed by atoms with van der Waals surface area (Å²) in [7, 11) is 2.10. The van der Waals surface area contributed by atoms with Gasteiger partial charge in [-0.15, -0.1) is 11.3 Å². The number of likely N-dealkylation sites (N-methyl/N-ethyl adjacent to an activating group) is 1. The van der Waals surface area contributed by atoms with Crippen molar-refractivity contribution in [2.75, 3.05) is 46.4 Å². The molecule has 0 unspecified atom stereocenters. The second kappa shape index (κ2) is 17.1. The number of aromatic nitrogens is 4. The largest absolute Gasteiger partial charge is 0.491 e. The highest BCUT2D eigenvalue weighted by Gasteiger charge is 2.30. The van der Waals surface area contributed by atoms with Crippen LogP contribution < -0.4 is 19.9 Å². The molecule has 57 heavy (non-hydrogen) atoms. The number of alkyl halides is 3. The van der Waals surface area contributed by atoms with Crippen LogP contribution in [0.5, 0.6) is 17.4 Å². The zero-order valence-electron chi connectivity index (χ0n) is 30.9. The Morgan fingerprint density at radius 3 is 2.56 bits per heavy atom. The van der Waals surface area contributed by atoms with E-state index >= 15 is 0 Å². The molecule has 2 aromatic carbocycles. The number of furan rings is 1. The summed E-state index contributed by atoms with van der Waals surface area (Å²) in [6, 6.07) is 13.7. The molecular formula is C39H38ClF4N7O5S. The molecule has 4 aromatic heterocycles. The van der Waals surface area contributed by atoms with Crippen molar-refractivity contribution in [3.63, 3.8) is 0 Å². The highest BCUT2D eigenvalue weighted by Crippen LogP contribution is 2.49. The number of nitrogens with two attached hydrogens (primary N) is 1. The van der Waals surface area contributed by atoms with Crippen LogP contribution in [0.3, 0.4) is 0 Å². The van der Waals surface area contributed by atoms with E-state index in [0.717, 1.165) is 37.4 Å². The van der Waals surface area contributed by atoms with E-state index < -0.39 is 30.7 Å². The number of amides is 1. The lowest BCUT2D eigenvalue weighted by Crippen LogP contribution is -2.45. The summed E-state index contributed by atoms with van der Waals surface area (Å²) in [5.74, 6) is 0.236. The van der Waals surface area contributed by atoms with E-state index in [0.29, 0.717) is 60.5 Å². The number of nitrogens with zero attached hydrogens (tertiary/aromatic N) is 6. The van der Waals surface area contributed by atoms with Crippen LogP contribution in [0.1, 0.15) is 16.8 Å². The van der Waals surface area contributed by atoms with Gasteiger partial charge in [0.1, 0.15) is 48.2 Å². The molecule has 1 amide bonds. The van der Waals surface area contributed by atoms with Gasteiger partial charge in [0.15, 0.2) is 6.10 Å². The molecule has 0 aliphatic carbocycles. The Balaban J connectivity index is 1.18. The number of fused-ring (bicyclic) bond motifs is 1. The first-order chi connectivity index (χ1) is 27.3. The maximum absolute atomic E-state index is 14.3. The van der Waals surface area contributed by atoms with E-state index in [4.69, 9.17) is 36.0 Å². The van der Waals surface area contributed by atoms with Crippen LogP contribution in [0, 0.1) is 12.9 Å². The van der Waals surface area contributed by atoms with Crippen molar-refractivity contribution >= 4 is 39.1 Å². The number of benzene rings is 2. The van der Waals surface area contributed by atoms with Crippen molar-refractivity contribution < 1.29 is 41.0 Å². The summed E-state index contributed by atoms with van der Waals surface area (Å²) >= 11 is 8.17. The molecule has 300 valence electrons. The van der Waals surface area contributed by atoms with Crippen molar-refractivity contribution in [1.82, 2.24) is 29.5 Å². The average Bonchev–Trinajstić information content (AvgIpc) is 3.91. The minimum Gasteiger partial charge on any atom is -0.491 e. The van der Waals surface area contributed by atoms with Crippen LogP contribution in [0.15, 0.2) is 71.5 Å². The zero-order chi connectivity index (χ0) is 40.3. The molecule has 5 heterocycles. The molecule has 1 fully saturated rings. The summed E-state index contributed by atoms with van der Waals surface area (Å²) in [4.78, 5) is 27.5. The Kier molecular flexibility index (Phi) is 12.0. The molecule has 0 radical (unpaired) electrons. The number of carbonyl (C=O) groups excluding carboxylic acids is 1. The van der Waals surface area contributed by atoms with Crippen molar-refractivity contribution in [3.05, 3.63) is 95.0 Å². The number of carbonyl (C=O) groups is 1. The molecule has 7 rings (SSSR count). The molecule has 18 heteroatoms. The van der Waals surface area contributed by atoms with Crippen LogP contribution in [0.25, 0.3) is 32.0 Å². The number of primary amides is 1. The molecule has 2 N–H and O–H groups in total. The lowest BCUT2D eigenvalue weighted by Gasteiger charge is -2.32. The number of halogens is 5. The minimum atomic E-state index is -4.47. The Hall–Kier alpha value is -5.23. The lowest BCUT2D eigenvalue weighted by atomic mass is 9.97. The number of para-hydroxylation sites is 1. The minimum absolute atomic E-state index is 0.0193. The molecule has 0 bridgehead atoms. The van der Waals surface area contributed by atoms with Gasteiger partial charge in [-0.25, -0.2) is 9.97 Å². The van der Waals surface area contributed by atoms with Gasteiger partial charge >= 0.3 is 6.18 Å². The topological polar surface area (TPSA) is 134 Å². The van der Waals surface area contributed by atoms with Crippen molar-refractivity contribution in [2.45, 2.75) is 38.8 Å². The van der Waals surface area contributed by atoms with Gasteiger partial charge in [-0.1, -0.05) is 35.9 Å². The van der Waals surface area contributed by atoms with E-state index in [9.17, 15) is 22.4 Å². The van der Waals surface area contributed by atoms with Gasteiger partial charge in [-0.05, 0) is 54.9 Å². The second-order valence-corrected chi connectivity index (χ2v) is 14.9. The van der Waals surface area contributed by atoms with Crippen LogP contribution >= 0.6 is 22.9 Å². The standard InChI is InChI=1S/C39H38ClF4N7O5S/c1-23-26(7-8-28(34(23)40)53-18-17-50-15-13-49(2)14-16-50)32-33-37(46-22-47-38(33)57-35(32)29-9-10-31(41)55-29)56-30(36(45)52)19-24-5-3-4-6-27(24)54-20-25-11-12-48-51(25)21-39(42,43)44/h3-12,22,30H,13-21H2,1-2H3,(H2,45,52)/t30-/m1/s1. The fourth-order valence-electron chi connectivity index (χ4n) is 6.56. The monoisotopic (exact) mass is 827 g/mol. The third kappa shape index (κ3) is 9.33. The van der Waals surface area contributed by atoms with Crippen molar-refractivity contribution in [3.8, 4) is 39.1 Å². The summed E-state index contributed by atoms with van der Waals surface area (Å²) in [6.07, 6.45) is -3.31. The summed E-state index contributed by atoms with van der Waals surface area (Å²) in [5, 5.41) is 4.55. The quantitative estimate of drug-likeness (QED) is 0.106. The number of hydrogen-bond donors (Lipinski definition) is 1. The molecule has 12 nitrogen and oxygen atoms in total. The summed E-state index contributed by atoms with van der Waals surface area (Å²) < 4.78 is 78.2. The van der Waals surface area contributed by atoms with Crippen LogP contribution in [0.4, 0.5) is 17.6 Å².